The SMILES string of the molecule is O=c1[nH]c2cccnc2n1Cc1ccc(F)cc1. The van der Waals surface area contributed by atoms with Crippen LogP contribution in [0.4, 0.5) is 4.39 Å². The van der Waals surface area contributed by atoms with Gasteiger partial charge in [0.05, 0.1) is 12.1 Å². The number of H-pyrrole nitrogens is 1. The molecular weight excluding hydrogens is 233 g/mol. The second kappa shape index (κ2) is 4.10. The van der Waals surface area contributed by atoms with E-state index >= 15 is 0 Å². The van der Waals surface area contributed by atoms with E-state index in [1.165, 1.54) is 16.7 Å². The summed E-state index contributed by atoms with van der Waals surface area (Å²) < 4.78 is 14.3. The zero-order chi connectivity index (χ0) is 12.5. The van der Waals surface area contributed by atoms with Gasteiger partial charge in [0.2, 0.25) is 0 Å². The Morgan fingerprint density at radius 2 is 2.00 bits per heavy atom. The highest BCUT2D eigenvalue weighted by atomic mass is 19.1. The van der Waals surface area contributed by atoms with Gasteiger partial charge < -0.3 is 4.98 Å². The molecule has 3 rings (SSSR count). The number of hydrogen-bond acceptors (Lipinski definition) is 2. The molecule has 2 aromatic heterocycles. The van der Waals surface area contributed by atoms with Gasteiger partial charge in [0, 0.05) is 6.20 Å². The van der Waals surface area contributed by atoms with Gasteiger partial charge in [-0.25, -0.2) is 14.2 Å². The first-order valence-electron chi connectivity index (χ1n) is 5.52. The summed E-state index contributed by atoms with van der Waals surface area (Å²) in [5.74, 6) is -0.289. The van der Waals surface area contributed by atoms with Gasteiger partial charge in [0.1, 0.15) is 5.82 Å². The first kappa shape index (κ1) is 10.7. The standard InChI is InChI=1S/C13H10FN3O/c14-10-5-3-9(4-6-10)8-17-12-11(16-13(17)18)2-1-7-15-12/h1-7H,8H2,(H,16,18). The van der Waals surface area contributed by atoms with Crippen LogP contribution in [0.1, 0.15) is 5.56 Å². The van der Waals surface area contributed by atoms with E-state index in [0.29, 0.717) is 17.7 Å². The lowest BCUT2D eigenvalue weighted by Crippen LogP contribution is -2.17. The number of imidazole rings is 1. The predicted octanol–water partition coefficient (Wildman–Crippen LogP) is 1.91. The molecule has 0 unspecified atom stereocenters. The number of pyridine rings is 1. The Morgan fingerprint density at radius 3 is 2.78 bits per heavy atom. The maximum atomic E-state index is 12.8. The van der Waals surface area contributed by atoms with Gasteiger partial charge in [0.25, 0.3) is 0 Å². The third-order valence-corrected chi connectivity index (χ3v) is 2.78. The smallest absolute Gasteiger partial charge is 0.304 e. The molecule has 0 saturated heterocycles. The van der Waals surface area contributed by atoms with Gasteiger partial charge in [-0.3, -0.25) is 4.57 Å². The normalized spacial score (nSPS) is 10.9. The summed E-state index contributed by atoms with van der Waals surface area (Å²) in [5.41, 5.74) is 1.94. The molecule has 1 N–H and O–H groups in total. The van der Waals surface area contributed by atoms with E-state index in [1.807, 2.05) is 0 Å². The van der Waals surface area contributed by atoms with Crippen LogP contribution in [0.2, 0.25) is 0 Å². The number of hydrogen-bond donors (Lipinski definition) is 1. The molecule has 3 aromatic rings. The third kappa shape index (κ3) is 1.79. The van der Waals surface area contributed by atoms with Crippen LogP contribution in [-0.4, -0.2) is 14.5 Å². The van der Waals surface area contributed by atoms with Crippen LogP contribution in [0.15, 0.2) is 47.4 Å². The molecular formula is C13H10FN3O. The number of benzene rings is 1. The Morgan fingerprint density at radius 1 is 1.22 bits per heavy atom. The molecule has 0 amide bonds. The number of aromatic nitrogens is 3. The Labute approximate surface area is 102 Å². The van der Waals surface area contributed by atoms with Gasteiger partial charge in [0.15, 0.2) is 5.65 Å². The largest absolute Gasteiger partial charge is 0.327 e. The van der Waals surface area contributed by atoms with Crippen LogP contribution in [0.3, 0.4) is 0 Å². The van der Waals surface area contributed by atoms with E-state index in [2.05, 4.69) is 9.97 Å². The van der Waals surface area contributed by atoms with Crippen molar-refractivity contribution in [1.82, 2.24) is 14.5 Å². The number of nitrogens with one attached hydrogen (secondary N) is 1. The molecule has 0 atom stereocenters. The molecule has 0 bridgehead atoms. The molecule has 0 radical (unpaired) electrons. The minimum atomic E-state index is -0.289. The number of fused-ring (bicyclic) bond motifs is 1. The van der Waals surface area contributed by atoms with Crippen molar-refractivity contribution in [3.8, 4) is 0 Å². The molecule has 0 aliphatic rings. The summed E-state index contributed by atoms with van der Waals surface area (Å²) in [6, 6.07) is 9.63. The van der Waals surface area contributed by atoms with Crippen molar-refractivity contribution < 1.29 is 4.39 Å². The summed E-state index contributed by atoms with van der Waals surface area (Å²) in [6.07, 6.45) is 1.64. The fourth-order valence-electron chi connectivity index (χ4n) is 1.91. The highest BCUT2D eigenvalue weighted by molar-refractivity contribution is 5.70. The highest BCUT2D eigenvalue weighted by Crippen LogP contribution is 2.09. The van der Waals surface area contributed by atoms with Crippen molar-refractivity contribution in [2.75, 3.05) is 0 Å². The third-order valence-electron chi connectivity index (χ3n) is 2.78. The minimum absolute atomic E-state index is 0.215. The lowest BCUT2D eigenvalue weighted by molar-refractivity contribution is 0.626. The van der Waals surface area contributed by atoms with Gasteiger partial charge in [-0.15, -0.1) is 0 Å². The monoisotopic (exact) mass is 243 g/mol. The molecule has 2 heterocycles. The molecule has 0 aliphatic carbocycles. The van der Waals surface area contributed by atoms with Crippen LogP contribution >= 0.6 is 0 Å². The van der Waals surface area contributed by atoms with E-state index in [0.717, 1.165) is 5.56 Å². The first-order chi connectivity index (χ1) is 8.74. The zero-order valence-corrected chi connectivity index (χ0v) is 9.43. The topological polar surface area (TPSA) is 50.7 Å². The fraction of sp³-hybridized carbons (Fsp3) is 0.0769. The maximum Gasteiger partial charge on any atom is 0.327 e. The van der Waals surface area contributed by atoms with Crippen molar-refractivity contribution >= 4 is 11.2 Å². The molecule has 0 spiro atoms. The van der Waals surface area contributed by atoms with Gasteiger partial charge in [-0.05, 0) is 29.8 Å². The molecule has 4 nitrogen and oxygen atoms in total. The summed E-state index contributed by atoms with van der Waals surface area (Å²) in [6.45, 7) is 0.371. The Bertz CT molecular complexity index is 743. The van der Waals surface area contributed by atoms with Crippen molar-refractivity contribution in [1.29, 1.82) is 0 Å². The molecule has 0 fully saturated rings. The zero-order valence-electron chi connectivity index (χ0n) is 9.43. The quantitative estimate of drug-likeness (QED) is 0.747. The summed E-state index contributed by atoms with van der Waals surface area (Å²) in [5, 5.41) is 0. The van der Waals surface area contributed by atoms with E-state index in [9.17, 15) is 9.18 Å². The van der Waals surface area contributed by atoms with E-state index in [4.69, 9.17) is 0 Å². The van der Waals surface area contributed by atoms with Crippen molar-refractivity contribution in [3.05, 3.63) is 64.5 Å². The van der Waals surface area contributed by atoms with Crippen LogP contribution in [-0.2, 0) is 6.54 Å². The predicted molar refractivity (Wildman–Crippen MR) is 65.9 cm³/mol. The average Bonchev–Trinajstić information content (AvgIpc) is 2.69. The average molecular weight is 243 g/mol. The highest BCUT2D eigenvalue weighted by Gasteiger charge is 2.07. The summed E-state index contributed by atoms with van der Waals surface area (Å²) in [7, 11) is 0. The first-order valence-corrected chi connectivity index (χ1v) is 5.52. The van der Waals surface area contributed by atoms with Crippen molar-refractivity contribution in [3.63, 3.8) is 0 Å². The second-order valence-corrected chi connectivity index (χ2v) is 4.02. The van der Waals surface area contributed by atoms with Crippen LogP contribution < -0.4 is 5.69 Å². The summed E-state index contributed by atoms with van der Waals surface area (Å²) in [4.78, 5) is 18.7. The minimum Gasteiger partial charge on any atom is -0.304 e. The molecule has 90 valence electrons. The molecule has 0 aliphatic heterocycles. The Kier molecular flexibility index (Phi) is 2.44. The van der Waals surface area contributed by atoms with Crippen LogP contribution in [0.5, 0.6) is 0 Å². The van der Waals surface area contributed by atoms with Crippen LogP contribution in [0.25, 0.3) is 11.2 Å². The summed E-state index contributed by atoms with van der Waals surface area (Å²) >= 11 is 0. The van der Waals surface area contributed by atoms with Crippen molar-refractivity contribution in [2.24, 2.45) is 0 Å². The lowest BCUT2D eigenvalue weighted by Gasteiger charge is -2.02. The van der Waals surface area contributed by atoms with Gasteiger partial charge >= 0.3 is 5.69 Å². The van der Waals surface area contributed by atoms with Gasteiger partial charge in [-0.2, -0.15) is 0 Å². The molecule has 5 heteroatoms. The molecule has 18 heavy (non-hydrogen) atoms. The van der Waals surface area contributed by atoms with Crippen molar-refractivity contribution in [2.45, 2.75) is 6.54 Å². The number of rotatable bonds is 2. The fourth-order valence-corrected chi connectivity index (χ4v) is 1.91. The number of aromatic amines is 1. The molecule has 0 saturated carbocycles. The van der Waals surface area contributed by atoms with E-state index < -0.39 is 0 Å². The second-order valence-electron chi connectivity index (χ2n) is 4.02. The van der Waals surface area contributed by atoms with E-state index in [1.54, 1.807) is 30.5 Å². The van der Waals surface area contributed by atoms with E-state index in [-0.39, 0.29) is 11.5 Å². The van der Waals surface area contributed by atoms with Gasteiger partial charge in [-0.1, -0.05) is 12.1 Å². The number of nitrogens with zero attached hydrogens (tertiary/aromatic N) is 2. The number of halogens is 1. The maximum absolute atomic E-state index is 12.8. The Hall–Kier alpha value is -2.43. The molecule has 1 aromatic carbocycles. The Balaban J connectivity index is 2.07. The lowest BCUT2D eigenvalue weighted by atomic mass is 10.2. The van der Waals surface area contributed by atoms with Crippen LogP contribution in [0, 0.1) is 5.82 Å².